The average molecular weight is 499 g/mol. The Bertz CT molecular complexity index is 1130. The number of rotatable bonds is 6. The van der Waals surface area contributed by atoms with Crippen LogP contribution in [0.3, 0.4) is 0 Å². The van der Waals surface area contributed by atoms with Crippen LogP contribution < -0.4 is 10.1 Å². The van der Waals surface area contributed by atoms with Gasteiger partial charge in [0.1, 0.15) is 5.75 Å². The zero-order valence-corrected chi connectivity index (χ0v) is 19.0. The molecule has 1 amide bonds. The van der Waals surface area contributed by atoms with Crippen LogP contribution >= 0.6 is 46.4 Å². The van der Waals surface area contributed by atoms with Crippen LogP contribution in [0, 0.1) is 0 Å². The number of amides is 1. The van der Waals surface area contributed by atoms with Crippen molar-refractivity contribution in [2.24, 2.45) is 0 Å². The molecule has 0 aliphatic rings. The summed E-state index contributed by atoms with van der Waals surface area (Å²) >= 11 is 24.3. The van der Waals surface area contributed by atoms with Crippen molar-refractivity contribution in [1.29, 1.82) is 0 Å². The van der Waals surface area contributed by atoms with Gasteiger partial charge in [0.15, 0.2) is 0 Å². The summed E-state index contributed by atoms with van der Waals surface area (Å²) in [5, 5.41) is 11.3. The van der Waals surface area contributed by atoms with Crippen molar-refractivity contribution in [2.45, 2.75) is 6.04 Å². The summed E-state index contributed by atoms with van der Waals surface area (Å²) in [5.41, 5.74) is 0.600. The fraction of sp³-hybridized carbons (Fsp3) is 0.0909. The third kappa shape index (κ3) is 4.75. The summed E-state index contributed by atoms with van der Waals surface area (Å²) in [7, 11) is 1.55. The number of nitrogens with one attached hydrogen (secondary N) is 1. The van der Waals surface area contributed by atoms with Gasteiger partial charge < -0.3 is 15.2 Å². The van der Waals surface area contributed by atoms with Gasteiger partial charge in [-0.25, -0.2) is 4.79 Å². The maximum Gasteiger partial charge on any atom is 0.338 e. The Labute approximate surface area is 198 Å². The highest BCUT2D eigenvalue weighted by molar-refractivity contribution is 6.54. The predicted octanol–water partition coefficient (Wildman–Crippen LogP) is 6.53. The van der Waals surface area contributed by atoms with Gasteiger partial charge in [-0.3, -0.25) is 4.79 Å². The number of carboxylic acid groups (broad SMARTS) is 1. The summed E-state index contributed by atoms with van der Waals surface area (Å²) in [6, 6.07) is 15.6. The topological polar surface area (TPSA) is 75.6 Å². The Morgan fingerprint density at radius 3 is 1.84 bits per heavy atom. The van der Waals surface area contributed by atoms with E-state index in [0.717, 1.165) is 11.1 Å². The van der Waals surface area contributed by atoms with Crippen molar-refractivity contribution in [2.75, 3.05) is 7.11 Å². The van der Waals surface area contributed by atoms with Crippen LogP contribution in [0.4, 0.5) is 0 Å². The van der Waals surface area contributed by atoms with Crippen molar-refractivity contribution in [3.8, 4) is 5.75 Å². The second-order valence-electron chi connectivity index (χ2n) is 6.40. The zero-order chi connectivity index (χ0) is 22.7. The van der Waals surface area contributed by atoms with Crippen LogP contribution in [0.25, 0.3) is 0 Å². The quantitative estimate of drug-likeness (QED) is 0.299. The van der Waals surface area contributed by atoms with E-state index in [1.165, 1.54) is 0 Å². The molecule has 3 rings (SSSR count). The van der Waals surface area contributed by atoms with E-state index >= 15 is 0 Å². The molecule has 0 heterocycles. The molecule has 3 aromatic carbocycles. The van der Waals surface area contributed by atoms with Crippen molar-refractivity contribution >= 4 is 58.3 Å². The number of benzene rings is 3. The summed E-state index contributed by atoms with van der Waals surface area (Å²) in [6.07, 6.45) is 0. The second kappa shape index (κ2) is 9.79. The average Bonchev–Trinajstić information content (AvgIpc) is 2.78. The van der Waals surface area contributed by atoms with Crippen molar-refractivity contribution < 1.29 is 19.4 Å². The Morgan fingerprint density at radius 1 is 0.806 bits per heavy atom. The monoisotopic (exact) mass is 497 g/mol. The summed E-state index contributed by atoms with van der Waals surface area (Å²) in [4.78, 5) is 25.1. The van der Waals surface area contributed by atoms with Gasteiger partial charge in [0.25, 0.3) is 5.91 Å². The molecule has 0 radical (unpaired) electrons. The highest BCUT2D eigenvalue weighted by Crippen LogP contribution is 2.42. The molecule has 160 valence electrons. The van der Waals surface area contributed by atoms with Crippen LogP contribution in [-0.4, -0.2) is 24.1 Å². The molecular weight excluding hydrogens is 484 g/mol. The van der Waals surface area contributed by atoms with Gasteiger partial charge in [-0.1, -0.05) is 88.9 Å². The smallest absolute Gasteiger partial charge is 0.338 e. The number of carboxylic acids is 1. The number of aromatic carboxylic acids is 1. The van der Waals surface area contributed by atoms with E-state index < -0.39 is 23.5 Å². The molecule has 0 fully saturated rings. The maximum absolute atomic E-state index is 13.2. The van der Waals surface area contributed by atoms with Crippen LogP contribution in [0.15, 0.2) is 54.6 Å². The first-order valence-electron chi connectivity index (χ1n) is 8.85. The van der Waals surface area contributed by atoms with Gasteiger partial charge in [0.05, 0.1) is 44.4 Å². The van der Waals surface area contributed by atoms with Crippen molar-refractivity contribution in [3.05, 3.63) is 96.9 Å². The van der Waals surface area contributed by atoms with E-state index in [0.29, 0.717) is 5.75 Å². The Balaban J connectivity index is 2.11. The molecule has 0 aliphatic carbocycles. The summed E-state index contributed by atoms with van der Waals surface area (Å²) in [6.45, 7) is 0. The van der Waals surface area contributed by atoms with E-state index in [1.807, 2.05) is 30.3 Å². The molecule has 2 N–H and O–H groups in total. The molecule has 5 nitrogen and oxygen atoms in total. The Morgan fingerprint density at radius 2 is 1.32 bits per heavy atom. The number of hydrogen-bond acceptors (Lipinski definition) is 3. The third-order valence-corrected chi connectivity index (χ3v) is 6.37. The largest absolute Gasteiger partial charge is 0.497 e. The molecule has 1 atom stereocenters. The van der Waals surface area contributed by atoms with Crippen molar-refractivity contribution in [3.63, 3.8) is 0 Å². The van der Waals surface area contributed by atoms with Gasteiger partial charge in [0.2, 0.25) is 0 Å². The molecular formula is C22H15Cl4NO4. The molecule has 31 heavy (non-hydrogen) atoms. The maximum atomic E-state index is 13.2. The minimum absolute atomic E-state index is 0.204. The molecule has 1 unspecified atom stereocenters. The molecule has 9 heteroatoms. The lowest BCUT2D eigenvalue weighted by Gasteiger charge is -2.22. The van der Waals surface area contributed by atoms with Gasteiger partial charge in [-0.15, -0.1) is 0 Å². The molecule has 3 aromatic rings. The molecule has 0 aliphatic heterocycles. The number of methoxy groups -OCH3 is 1. The predicted molar refractivity (Wildman–Crippen MR) is 122 cm³/mol. The van der Waals surface area contributed by atoms with Crippen LogP contribution in [0.5, 0.6) is 5.75 Å². The van der Waals surface area contributed by atoms with E-state index in [1.54, 1.807) is 31.4 Å². The lowest BCUT2D eigenvalue weighted by molar-refractivity contribution is 0.0691. The first kappa shape index (κ1) is 23.2. The Kier molecular flexibility index (Phi) is 7.34. The van der Waals surface area contributed by atoms with Crippen LogP contribution in [0.1, 0.15) is 37.9 Å². The van der Waals surface area contributed by atoms with Gasteiger partial charge in [-0.05, 0) is 23.3 Å². The second-order valence-corrected chi connectivity index (χ2v) is 7.91. The van der Waals surface area contributed by atoms with E-state index in [2.05, 4.69) is 5.32 Å². The molecule has 0 aromatic heterocycles. The summed E-state index contributed by atoms with van der Waals surface area (Å²) < 4.78 is 5.19. The SMILES string of the molecule is COc1ccc(C(NC(=O)c2c(Cl)c(Cl)c(Cl)c(Cl)c2C(=O)O)c2ccccc2)cc1. The number of halogens is 4. The highest BCUT2D eigenvalue weighted by Gasteiger charge is 2.30. The van der Waals surface area contributed by atoms with E-state index in [-0.39, 0.29) is 25.7 Å². The third-order valence-electron chi connectivity index (χ3n) is 4.57. The summed E-state index contributed by atoms with van der Waals surface area (Å²) in [5.74, 6) is -1.58. The fourth-order valence-electron chi connectivity index (χ4n) is 3.05. The molecule has 0 bridgehead atoms. The normalized spacial score (nSPS) is 11.6. The molecule has 0 saturated carbocycles. The lowest BCUT2D eigenvalue weighted by atomic mass is 9.97. The Hall–Kier alpha value is -2.44. The number of ether oxygens (including phenoxy) is 1. The van der Waals surface area contributed by atoms with E-state index in [9.17, 15) is 14.7 Å². The van der Waals surface area contributed by atoms with Gasteiger partial charge in [0, 0.05) is 0 Å². The van der Waals surface area contributed by atoms with Crippen LogP contribution in [-0.2, 0) is 0 Å². The van der Waals surface area contributed by atoms with Crippen molar-refractivity contribution in [1.82, 2.24) is 5.32 Å². The number of hydrogen-bond donors (Lipinski definition) is 2. The van der Waals surface area contributed by atoms with Crippen LogP contribution in [0.2, 0.25) is 20.1 Å². The first-order chi connectivity index (χ1) is 14.8. The molecule has 0 spiro atoms. The van der Waals surface area contributed by atoms with Gasteiger partial charge in [-0.2, -0.15) is 0 Å². The fourth-order valence-corrected chi connectivity index (χ4v) is 4.07. The number of carbonyl (C=O) groups excluding carboxylic acids is 1. The minimum atomic E-state index is -1.46. The number of carbonyl (C=O) groups is 2. The lowest BCUT2D eigenvalue weighted by Crippen LogP contribution is -2.31. The van der Waals surface area contributed by atoms with Gasteiger partial charge >= 0.3 is 5.97 Å². The standard InChI is InChI=1S/C22H15Cl4NO4/c1-31-13-9-7-12(8-10-13)20(11-5-3-2-4-6-11)27-21(28)14-15(22(29)30)17(24)19(26)18(25)16(14)23/h2-10,20H,1H3,(H,27,28)(H,29,30). The zero-order valence-electron chi connectivity index (χ0n) is 16.0. The first-order valence-corrected chi connectivity index (χ1v) is 10.4. The minimum Gasteiger partial charge on any atom is -0.497 e. The highest BCUT2D eigenvalue weighted by atomic mass is 35.5. The van der Waals surface area contributed by atoms with E-state index in [4.69, 9.17) is 51.1 Å². The molecule has 0 saturated heterocycles.